The van der Waals surface area contributed by atoms with E-state index >= 15 is 0 Å². The van der Waals surface area contributed by atoms with Gasteiger partial charge in [-0.3, -0.25) is 14.9 Å². The Kier molecular flexibility index (Phi) is 7.53. The van der Waals surface area contributed by atoms with Gasteiger partial charge in [0, 0.05) is 17.7 Å². The van der Waals surface area contributed by atoms with Crippen molar-refractivity contribution in [3.8, 4) is 0 Å². The predicted octanol–water partition coefficient (Wildman–Crippen LogP) is -0.288. The summed E-state index contributed by atoms with van der Waals surface area (Å²) in [7, 11) is 0. The molecule has 3 N–H and O–H groups in total. The molecule has 1 fully saturated rings. The Morgan fingerprint density at radius 1 is 1.50 bits per heavy atom. The molecule has 0 aromatic carbocycles. The Bertz CT molecular complexity index is 245. The fourth-order valence-electron chi connectivity index (χ4n) is 1.23. The second kappa shape index (κ2) is 7.76. The van der Waals surface area contributed by atoms with Crippen LogP contribution >= 0.6 is 24.2 Å². The van der Waals surface area contributed by atoms with E-state index in [0.29, 0.717) is 0 Å². The Balaban J connectivity index is 0.00000225. The van der Waals surface area contributed by atoms with Crippen molar-refractivity contribution in [1.29, 1.82) is 0 Å². The number of amides is 2. The van der Waals surface area contributed by atoms with Crippen molar-refractivity contribution in [1.82, 2.24) is 16.0 Å². The van der Waals surface area contributed by atoms with Crippen LogP contribution in [0.4, 0.5) is 0 Å². The van der Waals surface area contributed by atoms with Crippen LogP contribution in [0.2, 0.25) is 0 Å². The third-order valence-corrected chi connectivity index (χ3v) is 2.85. The van der Waals surface area contributed by atoms with E-state index in [-0.39, 0.29) is 42.8 Å². The molecule has 0 spiro atoms. The molecule has 7 heteroatoms. The molecule has 1 rings (SSSR count). The lowest BCUT2D eigenvalue weighted by Crippen LogP contribution is -2.46. The molecule has 16 heavy (non-hydrogen) atoms. The minimum Gasteiger partial charge on any atom is -0.352 e. The van der Waals surface area contributed by atoms with Crippen LogP contribution in [0, 0.1) is 0 Å². The minimum absolute atomic E-state index is 0. The maximum absolute atomic E-state index is 11.5. The lowest BCUT2D eigenvalue weighted by molar-refractivity contribution is -0.127. The highest BCUT2D eigenvalue weighted by molar-refractivity contribution is 7.99. The fraction of sp³-hybridized carbons (Fsp3) is 0.778. The molecule has 5 nitrogen and oxygen atoms in total. The van der Waals surface area contributed by atoms with Gasteiger partial charge in [0.25, 0.3) is 0 Å². The van der Waals surface area contributed by atoms with Crippen molar-refractivity contribution in [2.24, 2.45) is 0 Å². The number of thioether (sulfide) groups is 1. The van der Waals surface area contributed by atoms with E-state index in [2.05, 4.69) is 16.0 Å². The topological polar surface area (TPSA) is 70.2 Å². The van der Waals surface area contributed by atoms with Crippen LogP contribution in [0.25, 0.3) is 0 Å². The van der Waals surface area contributed by atoms with Gasteiger partial charge in [-0.15, -0.1) is 24.2 Å². The highest BCUT2D eigenvalue weighted by Gasteiger charge is 2.22. The van der Waals surface area contributed by atoms with Crippen molar-refractivity contribution in [3.63, 3.8) is 0 Å². The fourth-order valence-corrected chi connectivity index (χ4v) is 2.17. The zero-order valence-corrected chi connectivity index (χ0v) is 11.0. The lowest BCUT2D eigenvalue weighted by Gasteiger charge is -2.11. The van der Waals surface area contributed by atoms with Crippen LogP contribution in [-0.4, -0.2) is 42.1 Å². The van der Waals surface area contributed by atoms with Gasteiger partial charge in [-0.2, -0.15) is 0 Å². The van der Waals surface area contributed by atoms with Gasteiger partial charge in [0.05, 0.1) is 12.6 Å². The summed E-state index contributed by atoms with van der Waals surface area (Å²) in [6.07, 6.45) is 0. The summed E-state index contributed by atoms with van der Waals surface area (Å²) in [5.74, 6) is 1.33. The van der Waals surface area contributed by atoms with E-state index in [9.17, 15) is 9.59 Å². The smallest absolute Gasteiger partial charge is 0.239 e. The maximum atomic E-state index is 11.5. The molecule has 1 aliphatic heterocycles. The van der Waals surface area contributed by atoms with E-state index < -0.39 is 0 Å². The quantitative estimate of drug-likeness (QED) is 0.655. The van der Waals surface area contributed by atoms with Gasteiger partial charge in [-0.05, 0) is 13.8 Å². The average molecular weight is 268 g/mol. The number of hydrogen-bond donors (Lipinski definition) is 3. The van der Waals surface area contributed by atoms with E-state index in [0.717, 1.165) is 11.6 Å². The zero-order chi connectivity index (χ0) is 11.3. The monoisotopic (exact) mass is 267 g/mol. The van der Waals surface area contributed by atoms with Gasteiger partial charge >= 0.3 is 0 Å². The number of hydrogen-bond acceptors (Lipinski definition) is 4. The molecule has 2 amide bonds. The van der Waals surface area contributed by atoms with Crippen molar-refractivity contribution < 1.29 is 9.59 Å². The summed E-state index contributed by atoms with van der Waals surface area (Å²) in [5.41, 5.74) is 0. The van der Waals surface area contributed by atoms with Crippen molar-refractivity contribution in [2.75, 3.05) is 18.2 Å². The molecule has 0 saturated carbocycles. The van der Waals surface area contributed by atoms with E-state index in [1.54, 1.807) is 11.8 Å². The Hall–Kier alpha value is -0.460. The Labute approximate surface area is 106 Å². The van der Waals surface area contributed by atoms with Crippen LogP contribution < -0.4 is 16.0 Å². The van der Waals surface area contributed by atoms with E-state index in [4.69, 9.17) is 0 Å². The van der Waals surface area contributed by atoms with Gasteiger partial charge < -0.3 is 10.6 Å². The van der Waals surface area contributed by atoms with Gasteiger partial charge in [-0.1, -0.05) is 0 Å². The molecule has 1 saturated heterocycles. The molecule has 94 valence electrons. The van der Waals surface area contributed by atoms with Gasteiger partial charge in [0.1, 0.15) is 0 Å². The van der Waals surface area contributed by atoms with Crippen LogP contribution in [0.5, 0.6) is 0 Å². The molecule has 1 atom stereocenters. The van der Waals surface area contributed by atoms with Gasteiger partial charge in [-0.25, -0.2) is 0 Å². The first-order valence-corrected chi connectivity index (χ1v) is 6.13. The van der Waals surface area contributed by atoms with Gasteiger partial charge in [0.2, 0.25) is 11.8 Å². The molecular formula is C9H18ClN3O2S. The van der Waals surface area contributed by atoms with Crippen molar-refractivity contribution in [3.05, 3.63) is 0 Å². The highest BCUT2D eigenvalue weighted by Crippen LogP contribution is 2.08. The lowest BCUT2D eigenvalue weighted by atomic mass is 10.3. The molecule has 1 aliphatic rings. The van der Waals surface area contributed by atoms with E-state index in [1.165, 1.54) is 0 Å². The molecule has 1 unspecified atom stereocenters. The molecule has 0 bridgehead atoms. The summed E-state index contributed by atoms with van der Waals surface area (Å²) in [4.78, 5) is 22.7. The maximum Gasteiger partial charge on any atom is 0.239 e. The number of rotatable bonds is 4. The third kappa shape index (κ3) is 5.58. The van der Waals surface area contributed by atoms with Crippen LogP contribution in [-0.2, 0) is 9.59 Å². The van der Waals surface area contributed by atoms with Crippen LogP contribution in [0.15, 0.2) is 0 Å². The molecule has 0 aromatic heterocycles. The van der Waals surface area contributed by atoms with Crippen LogP contribution in [0.1, 0.15) is 13.8 Å². The minimum atomic E-state index is -0.151. The first-order valence-electron chi connectivity index (χ1n) is 4.98. The largest absolute Gasteiger partial charge is 0.352 e. The van der Waals surface area contributed by atoms with Crippen molar-refractivity contribution >= 4 is 36.0 Å². The molecule has 0 aromatic rings. The van der Waals surface area contributed by atoms with Crippen LogP contribution in [0.3, 0.4) is 0 Å². The normalized spacial score (nSPS) is 19.1. The number of nitrogens with one attached hydrogen (secondary N) is 3. The Morgan fingerprint density at radius 3 is 2.69 bits per heavy atom. The zero-order valence-electron chi connectivity index (χ0n) is 9.41. The average Bonchev–Trinajstić information content (AvgIpc) is 2.65. The second-order valence-corrected chi connectivity index (χ2v) is 4.74. The van der Waals surface area contributed by atoms with Gasteiger partial charge in [0.15, 0.2) is 0 Å². The molecular weight excluding hydrogens is 250 g/mol. The molecule has 0 radical (unpaired) electrons. The first kappa shape index (κ1) is 15.5. The van der Waals surface area contributed by atoms with E-state index in [1.807, 2.05) is 13.8 Å². The summed E-state index contributed by atoms with van der Waals surface area (Å²) >= 11 is 1.68. The summed E-state index contributed by atoms with van der Waals surface area (Å²) in [6, 6.07) is -0.0450. The number of halogens is 1. The molecule has 1 heterocycles. The highest BCUT2D eigenvalue weighted by atomic mass is 35.5. The second-order valence-electron chi connectivity index (χ2n) is 3.71. The summed E-state index contributed by atoms with van der Waals surface area (Å²) in [5, 5.41) is 8.35. The van der Waals surface area contributed by atoms with Crippen molar-refractivity contribution in [2.45, 2.75) is 25.9 Å². The Morgan fingerprint density at radius 2 is 2.19 bits per heavy atom. The first-order chi connectivity index (χ1) is 7.09. The summed E-state index contributed by atoms with van der Waals surface area (Å²) in [6.45, 7) is 3.82. The standard InChI is InChI=1S/C9H17N3O2S.ClH/c1-6(2)12-8(13)3-10-9(14)7-4-15-5-11-7;/h6-7,11H,3-5H2,1-2H3,(H,10,14)(H,12,13);1H. The molecule has 0 aliphatic carbocycles. The predicted molar refractivity (Wildman–Crippen MR) is 67.8 cm³/mol. The number of carbonyl (C=O) groups excluding carboxylic acids is 2. The number of carbonyl (C=O) groups is 2. The SMILES string of the molecule is CC(C)NC(=O)CNC(=O)C1CSCN1.Cl. The third-order valence-electron chi connectivity index (χ3n) is 1.91. The summed E-state index contributed by atoms with van der Waals surface area (Å²) < 4.78 is 0.